The molecule has 0 unspecified atom stereocenters. The normalized spacial score (nSPS) is 10.4. The summed E-state index contributed by atoms with van der Waals surface area (Å²) >= 11 is 1.58. The number of carbonyl (C=O) groups excluding carboxylic acids is 1. The van der Waals surface area contributed by atoms with Gasteiger partial charge in [0, 0.05) is 17.3 Å². The molecule has 0 aliphatic rings. The molecule has 0 saturated heterocycles. The Labute approximate surface area is 121 Å². The maximum absolute atomic E-state index is 11.6. The number of ether oxygens (including phenoxy) is 1. The smallest absolute Gasteiger partial charge is 0.259 e. The topological polar surface area (TPSA) is 62.7 Å². The van der Waals surface area contributed by atoms with Crippen molar-refractivity contribution in [3.8, 4) is 5.75 Å². The van der Waals surface area contributed by atoms with Crippen LogP contribution in [-0.2, 0) is 4.79 Å². The summed E-state index contributed by atoms with van der Waals surface area (Å²) in [6, 6.07) is 9.31. The van der Waals surface area contributed by atoms with Crippen molar-refractivity contribution in [1.82, 2.24) is 5.43 Å². The Morgan fingerprint density at radius 2 is 2.35 bits per heavy atom. The second-order valence-electron chi connectivity index (χ2n) is 3.94. The van der Waals surface area contributed by atoms with Gasteiger partial charge in [0.15, 0.2) is 0 Å². The number of hydrazone groups is 1. The molecule has 6 heteroatoms. The first-order valence-electron chi connectivity index (χ1n) is 6.00. The molecule has 1 aromatic heterocycles. The first-order valence-corrected chi connectivity index (χ1v) is 6.94. The number of hydrogen-bond acceptors (Lipinski definition) is 5. The van der Waals surface area contributed by atoms with E-state index in [0.29, 0.717) is 0 Å². The van der Waals surface area contributed by atoms with E-state index in [1.165, 1.54) is 0 Å². The predicted octanol–water partition coefficient (Wildman–Crippen LogP) is 2.32. The summed E-state index contributed by atoms with van der Waals surface area (Å²) in [5.74, 6) is 0.533. The van der Waals surface area contributed by atoms with E-state index >= 15 is 0 Å². The lowest BCUT2D eigenvalue weighted by molar-refractivity contribution is -0.119. The van der Waals surface area contributed by atoms with Crippen LogP contribution in [0.5, 0.6) is 5.75 Å². The molecule has 5 nitrogen and oxygen atoms in total. The van der Waals surface area contributed by atoms with Crippen molar-refractivity contribution < 1.29 is 9.53 Å². The van der Waals surface area contributed by atoms with Crippen molar-refractivity contribution in [3.05, 3.63) is 46.7 Å². The zero-order valence-electron chi connectivity index (χ0n) is 11.0. The van der Waals surface area contributed by atoms with E-state index in [9.17, 15) is 4.79 Å². The first kappa shape index (κ1) is 14.1. The fourth-order valence-corrected chi connectivity index (χ4v) is 2.09. The fourth-order valence-electron chi connectivity index (χ4n) is 1.48. The number of hydrogen-bond donors (Lipinski definition) is 2. The second kappa shape index (κ2) is 7.30. The molecule has 0 saturated carbocycles. The summed E-state index contributed by atoms with van der Waals surface area (Å²) < 4.78 is 5.10. The summed E-state index contributed by atoms with van der Waals surface area (Å²) in [4.78, 5) is 11.6. The summed E-state index contributed by atoms with van der Waals surface area (Å²) in [5, 5.41) is 10.8. The Morgan fingerprint density at radius 3 is 3.10 bits per heavy atom. The van der Waals surface area contributed by atoms with Gasteiger partial charge in [0.05, 0.1) is 19.9 Å². The predicted molar refractivity (Wildman–Crippen MR) is 81.5 cm³/mol. The number of rotatable bonds is 6. The fraction of sp³-hybridized carbons (Fsp3) is 0.143. The van der Waals surface area contributed by atoms with E-state index in [2.05, 4.69) is 15.8 Å². The van der Waals surface area contributed by atoms with Crippen molar-refractivity contribution in [3.63, 3.8) is 0 Å². The molecule has 0 radical (unpaired) electrons. The van der Waals surface area contributed by atoms with E-state index in [4.69, 9.17) is 4.74 Å². The standard InChI is InChI=1S/C14H15N3O2S/c1-19-13-4-2-3-12(7-13)15-9-14(18)17-16-8-11-5-6-20-10-11/h2-8,10,15H,9H2,1H3,(H,17,18)/b16-8-. The number of amides is 1. The number of carbonyl (C=O) groups is 1. The first-order chi connectivity index (χ1) is 9.78. The van der Waals surface area contributed by atoms with E-state index in [-0.39, 0.29) is 12.5 Å². The van der Waals surface area contributed by atoms with Gasteiger partial charge in [0.2, 0.25) is 0 Å². The van der Waals surface area contributed by atoms with Crippen molar-refractivity contribution >= 4 is 29.1 Å². The lowest BCUT2D eigenvalue weighted by Crippen LogP contribution is -2.25. The average molecular weight is 289 g/mol. The maximum atomic E-state index is 11.6. The Hall–Kier alpha value is -2.34. The van der Waals surface area contributed by atoms with Gasteiger partial charge in [-0.25, -0.2) is 5.43 Å². The van der Waals surface area contributed by atoms with Gasteiger partial charge in [-0.05, 0) is 29.0 Å². The summed E-state index contributed by atoms with van der Waals surface area (Å²) in [6.45, 7) is 0.147. The Kier molecular flexibility index (Phi) is 5.14. The highest BCUT2D eigenvalue weighted by Crippen LogP contribution is 2.16. The molecule has 0 atom stereocenters. The maximum Gasteiger partial charge on any atom is 0.259 e. The SMILES string of the molecule is COc1cccc(NCC(=O)N/N=C\c2ccsc2)c1. The van der Waals surface area contributed by atoms with Gasteiger partial charge < -0.3 is 10.1 Å². The second-order valence-corrected chi connectivity index (χ2v) is 4.72. The van der Waals surface area contributed by atoms with Crippen molar-refractivity contribution in [1.29, 1.82) is 0 Å². The number of nitrogens with one attached hydrogen (secondary N) is 2. The quantitative estimate of drug-likeness (QED) is 0.633. The number of benzene rings is 1. The van der Waals surface area contributed by atoms with Gasteiger partial charge in [-0.2, -0.15) is 16.4 Å². The molecule has 20 heavy (non-hydrogen) atoms. The molecule has 0 aliphatic heterocycles. The minimum atomic E-state index is -0.209. The molecule has 0 aliphatic carbocycles. The van der Waals surface area contributed by atoms with Crippen LogP contribution in [0.4, 0.5) is 5.69 Å². The van der Waals surface area contributed by atoms with Gasteiger partial charge in [0.25, 0.3) is 5.91 Å². The zero-order chi connectivity index (χ0) is 14.2. The van der Waals surface area contributed by atoms with E-state index in [1.54, 1.807) is 24.7 Å². The van der Waals surface area contributed by atoms with Crippen molar-refractivity contribution in [2.45, 2.75) is 0 Å². The monoisotopic (exact) mass is 289 g/mol. The average Bonchev–Trinajstić information content (AvgIpc) is 2.98. The molecule has 1 aromatic carbocycles. The number of methoxy groups -OCH3 is 1. The Morgan fingerprint density at radius 1 is 1.45 bits per heavy atom. The lowest BCUT2D eigenvalue weighted by Gasteiger charge is -2.06. The summed E-state index contributed by atoms with van der Waals surface area (Å²) in [7, 11) is 1.60. The molecular formula is C14H15N3O2S. The molecule has 0 spiro atoms. The molecular weight excluding hydrogens is 274 g/mol. The molecule has 0 fully saturated rings. The third kappa shape index (κ3) is 4.40. The highest BCUT2D eigenvalue weighted by molar-refractivity contribution is 7.08. The summed E-state index contributed by atoms with van der Waals surface area (Å²) in [6.07, 6.45) is 1.61. The van der Waals surface area contributed by atoms with Crippen LogP contribution >= 0.6 is 11.3 Å². The van der Waals surface area contributed by atoms with Crippen LogP contribution in [0.2, 0.25) is 0 Å². The van der Waals surface area contributed by atoms with Crippen LogP contribution in [0, 0.1) is 0 Å². The van der Waals surface area contributed by atoms with E-state index in [0.717, 1.165) is 17.0 Å². The third-order valence-electron chi connectivity index (χ3n) is 2.47. The largest absolute Gasteiger partial charge is 0.497 e. The molecule has 0 bridgehead atoms. The molecule has 1 heterocycles. The van der Waals surface area contributed by atoms with Gasteiger partial charge in [-0.3, -0.25) is 4.79 Å². The van der Waals surface area contributed by atoms with E-state index < -0.39 is 0 Å². The number of anilines is 1. The highest BCUT2D eigenvalue weighted by atomic mass is 32.1. The number of nitrogens with zero attached hydrogens (tertiary/aromatic N) is 1. The van der Waals surface area contributed by atoms with E-state index in [1.807, 2.05) is 41.1 Å². The van der Waals surface area contributed by atoms with Crippen LogP contribution in [0.15, 0.2) is 46.2 Å². The summed E-state index contributed by atoms with van der Waals surface area (Å²) in [5.41, 5.74) is 4.25. The van der Waals surface area contributed by atoms with Crippen LogP contribution in [-0.4, -0.2) is 25.8 Å². The molecule has 1 amide bonds. The molecule has 2 rings (SSSR count). The van der Waals surface area contributed by atoms with Crippen molar-refractivity contribution in [2.24, 2.45) is 5.10 Å². The molecule has 2 N–H and O–H groups in total. The highest BCUT2D eigenvalue weighted by Gasteiger charge is 2.00. The lowest BCUT2D eigenvalue weighted by atomic mass is 10.3. The molecule has 104 valence electrons. The van der Waals surface area contributed by atoms with Crippen LogP contribution < -0.4 is 15.5 Å². The van der Waals surface area contributed by atoms with Crippen LogP contribution in [0.3, 0.4) is 0 Å². The number of thiophene rings is 1. The minimum Gasteiger partial charge on any atom is -0.497 e. The van der Waals surface area contributed by atoms with Gasteiger partial charge in [-0.15, -0.1) is 0 Å². The molecule has 2 aromatic rings. The van der Waals surface area contributed by atoms with Gasteiger partial charge in [-0.1, -0.05) is 6.07 Å². The van der Waals surface area contributed by atoms with Gasteiger partial charge in [0.1, 0.15) is 5.75 Å². The Bertz CT molecular complexity index is 582. The minimum absolute atomic E-state index is 0.147. The zero-order valence-corrected chi connectivity index (χ0v) is 11.8. The van der Waals surface area contributed by atoms with Crippen LogP contribution in [0.25, 0.3) is 0 Å². The third-order valence-corrected chi connectivity index (χ3v) is 3.17. The Balaban J connectivity index is 1.77. The van der Waals surface area contributed by atoms with Crippen molar-refractivity contribution in [2.75, 3.05) is 19.0 Å². The van der Waals surface area contributed by atoms with Crippen LogP contribution in [0.1, 0.15) is 5.56 Å². The van der Waals surface area contributed by atoms with Gasteiger partial charge >= 0.3 is 0 Å².